The Balaban J connectivity index is 2.29. The third-order valence-electron chi connectivity index (χ3n) is 2.66. The first kappa shape index (κ1) is 15.6. The van der Waals surface area contributed by atoms with Gasteiger partial charge in [-0.15, -0.1) is 11.6 Å². The first-order chi connectivity index (χ1) is 8.99. The zero-order chi connectivity index (χ0) is 14.3. The molecular weight excluding hydrogens is 266 g/mol. The van der Waals surface area contributed by atoms with Crippen molar-refractivity contribution in [3.05, 3.63) is 24.3 Å². The highest BCUT2D eigenvalue weighted by atomic mass is 35.5. The smallest absolute Gasteiger partial charge is 0.226 e. The molecule has 0 heterocycles. The molecule has 0 unspecified atom stereocenters. The molecule has 1 rings (SSSR count). The molecule has 0 aliphatic carbocycles. The molecule has 4 nitrogen and oxygen atoms in total. The molecule has 19 heavy (non-hydrogen) atoms. The standard InChI is InChI=1S/C14H20ClNO3/c1-14(2,10-15)13(17)16-8-9-19-12-6-4-11(18-3)5-7-12/h4-7H,8-10H2,1-3H3,(H,16,17). The summed E-state index contributed by atoms with van der Waals surface area (Å²) in [4.78, 5) is 11.7. The van der Waals surface area contributed by atoms with Gasteiger partial charge in [0.05, 0.1) is 19.1 Å². The third-order valence-corrected chi connectivity index (χ3v) is 3.33. The highest BCUT2D eigenvalue weighted by Crippen LogP contribution is 2.17. The Kier molecular flexibility index (Phi) is 5.96. The average Bonchev–Trinajstić information content (AvgIpc) is 2.43. The van der Waals surface area contributed by atoms with E-state index in [4.69, 9.17) is 21.1 Å². The lowest BCUT2D eigenvalue weighted by atomic mass is 9.95. The van der Waals surface area contributed by atoms with Gasteiger partial charge in [-0.25, -0.2) is 0 Å². The van der Waals surface area contributed by atoms with Crippen LogP contribution < -0.4 is 14.8 Å². The summed E-state index contributed by atoms with van der Waals surface area (Å²) in [5.74, 6) is 1.75. The third kappa shape index (κ3) is 4.99. The zero-order valence-electron chi connectivity index (χ0n) is 11.5. The number of amides is 1. The molecule has 1 aromatic carbocycles. The van der Waals surface area contributed by atoms with Crippen molar-refractivity contribution in [2.45, 2.75) is 13.8 Å². The molecule has 1 aromatic rings. The van der Waals surface area contributed by atoms with E-state index in [9.17, 15) is 4.79 Å². The van der Waals surface area contributed by atoms with Crippen LogP contribution in [0.25, 0.3) is 0 Å². The van der Waals surface area contributed by atoms with Gasteiger partial charge in [-0.3, -0.25) is 4.79 Å². The number of methoxy groups -OCH3 is 1. The lowest BCUT2D eigenvalue weighted by Crippen LogP contribution is -2.39. The summed E-state index contributed by atoms with van der Waals surface area (Å²) in [6.45, 7) is 4.47. The Hall–Kier alpha value is -1.42. The van der Waals surface area contributed by atoms with E-state index >= 15 is 0 Å². The number of alkyl halides is 1. The Labute approximate surface area is 119 Å². The van der Waals surface area contributed by atoms with Gasteiger partial charge in [0.15, 0.2) is 0 Å². The van der Waals surface area contributed by atoms with Crippen LogP contribution in [0.3, 0.4) is 0 Å². The van der Waals surface area contributed by atoms with E-state index in [2.05, 4.69) is 5.32 Å². The number of halogens is 1. The van der Waals surface area contributed by atoms with Gasteiger partial charge in [-0.05, 0) is 38.1 Å². The van der Waals surface area contributed by atoms with E-state index < -0.39 is 5.41 Å². The maximum absolute atomic E-state index is 11.7. The Morgan fingerprint density at radius 3 is 2.37 bits per heavy atom. The van der Waals surface area contributed by atoms with Crippen LogP contribution in [-0.4, -0.2) is 32.0 Å². The van der Waals surface area contributed by atoms with Gasteiger partial charge in [0, 0.05) is 5.88 Å². The summed E-state index contributed by atoms with van der Waals surface area (Å²) in [6.07, 6.45) is 0. The van der Waals surface area contributed by atoms with Crippen LogP contribution >= 0.6 is 11.6 Å². The van der Waals surface area contributed by atoms with Crippen molar-refractivity contribution >= 4 is 17.5 Å². The van der Waals surface area contributed by atoms with Gasteiger partial charge in [0.2, 0.25) is 5.91 Å². The maximum Gasteiger partial charge on any atom is 0.226 e. The highest BCUT2D eigenvalue weighted by molar-refractivity contribution is 6.19. The van der Waals surface area contributed by atoms with Crippen molar-refractivity contribution in [3.63, 3.8) is 0 Å². The summed E-state index contributed by atoms with van der Waals surface area (Å²) in [7, 11) is 1.62. The molecule has 1 amide bonds. The fraction of sp³-hybridized carbons (Fsp3) is 0.500. The van der Waals surface area contributed by atoms with Gasteiger partial charge in [0.25, 0.3) is 0 Å². The molecular formula is C14H20ClNO3. The number of carbonyl (C=O) groups excluding carboxylic acids is 1. The molecule has 0 aliphatic heterocycles. The minimum absolute atomic E-state index is 0.0687. The molecule has 0 radical (unpaired) electrons. The highest BCUT2D eigenvalue weighted by Gasteiger charge is 2.25. The number of nitrogens with one attached hydrogen (secondary N) is 1. The maximum atomic E-state index is 11.7. The van der Waals surface area contributed by atoms with Crippen LogP contribution in [0.1, 0.15) is 13.8 Å². The fourth-order valence-electron chi connectivity index (χ4n) is 1.31. The van der Waals surface area contributed by atoms with E-state index in [1.807, 2.05) is 24.3 Å². The minimum Gasteiger partial charge on any atom is -0.497 e. The number of rotatable bonds is 7. The van der Waals surface area contributed by atoms with Crippen molar-refractivity contribution in [1.29, 1.82) is 0 Å². The van der Waals surface area contributed by atoms with Crippen molar-refractivity contribution in [3.8, 4) is 11.5 Å². The summed E-state index contributed by atoms with van der Waals surface area (Å²) in [6, 6.07) is 7.29. The van der Waals surface area contributed by atoms with Crippen molar-refractivity contribution < 1.29 is 14.3 Å². The van der Waals surface area contributed by atoms with Crippen LogP contribution in [0.15, 0.2) is 24.3 Å². The monoisotopic (exact) mass is 285 g/mol. The number of ether oxygens (including phenoxy) is 2. The molecule has 106 valence electrons. The molecule has 0 fully saturated rings. The van der Waals surface area contributed by atoms with Gasteiger partial charge in [-0.2, -0.15) is 0 Å². The van der Waals surface area contributed by atoms with Crippen LogP contribution in [0.4, 0.5) is 0 Å². The molecule has 0 aliphatic rings. The van der Waals surface area contributed by atoms with Crippen LogP contribution in [0.5, 0.6) is 11.5 Å². The minimum atomic E-state index is -0.554. The fourth-order valence-corrected chi connectivity index (χ4v) is 1.43. The van der Waals surface area contributed by atoms with Crippen LogP contribution in [-0.2, 0) is 4.79 Å². The number of carbonyl (C=O) groups is 1. The number of benzene rings is 1. The van der Waals surface area contributed by atoms with Crippen molar-refractivity contribution in [2.75, 3.05) is 26.1 Å². The first-order valence-electron chi connectivity index (χ1n) is 6.11. The molecule has 0 aromatic heterocycles. The van der Waals surface area contributed by atoms with E-state index in [0.717, 1.165) is 11.5 Å². The summed E-state index contributed by atoms with van der Waals surface area (Å²) >= 11 is 5.72. The lowest BCUT2D eigenvalue weighted by Gasteiger charge is -2.20. The van der Waals surface area contributed by atoms with E-state index in [1.54, 1.807) is 21.0 Å². The molecule has 0 saturated heterocycles. The SMILES string of the molecule is COc1ccc(OCCNC(=O)C(C)(C)CCl)cc1. The van der Waals surface area contributed by atoms with E-state index in [1.165, 1.54) is 0 Å². The van der Waals surface area contributed by atoms with Gasteiger partial charge >= 0.3 is 0 Å². The summed E-state index contributed by atoms with van der Waals surface area (Å²) < 4.78 is 10.5. The van der Waals surface area contributed by atoms with Gasteiger partial charge in [-0.1, -0.05) is 0 Å². The van der Waals surface area contributed by atoms with E-state index in [0.29, 0.717) is 13.2 Å². The quantitative estimate of drug-likeness (QED) is 0.618. The molecule has 0 spiro atoms. The Bertz CT molecular complexity index is 404. The number of hydrogen-bond acceptors (Lipinski definition) is 3. The normalized spacial score (nSPS) is 10.9. The predicted octanol–water partition coefficient (Wildman–Crippen LogP) is 2.46. The second-order valence-corrected chi connectivity index (χ2v) is 5.06. The largest absolute Gasteiger partial charge is 0.497 e. The topological polar surface area (TPSA) is 47.6 Å². The van der Waals surface area contributed by atoms with Crippen molar-refractivity contribution in [2.24, 2.45) is 5.41 Å². The second-order valence-electron chi connectivity index (χ2n) is 4.80. The summed E-state index contributed by atoms with van der Waals surface area (Å²) in [5, 5.41) is 2.79. The Morgan fingerprint density at radius 1 is 1.26 bits per heavy atom. The molecule has 1 N–H and O–H groups in total. The van der Waals surface area contributed by atoms with Gasteiger partial charge in [0.1, 0.15) is 18.1 Å². The van der Waals surface area contributed by atoms with Crippen LogP contribution in [0, 0.1) is 5.41 Å². The van der Waals surface area contributed by atoms with Gasteiger partial charge < -0.3 is 14.8 Å². The van der Waals surface area contributed by atoms with Crippen molar-refractivity contribution in [1.82, 2.24) is 5.32 Å². The number of hydrogen-bond donors (Lipinski definition) is 1. The van der Waals surface area contributed by atoms with Crippen LogP contribution in [0.2, 0.25) is 0 Å². The zero-order valence-corrected chi connectivity index (χ0v) is 12.3. The molecule has 5 heteroatoms. The van der Waals surface area contributed by atoms with E-state index in [-0.39, 0.29) is 11.8 Å². The lowest BCUT2D eigenvalue weighted by molar-refractivity contribution is -0.128. The molecule has 0 saturated carbocycles. The average molecular weight is 286 g/mol. The predicted molar refractivity (Wildman–Crippen MR) is 76.0 cm³/mol. The second kappa shape index (κ2) is 7.24. The Morgan fingerprint density at radius 2 is 1.84 bits per heavy atom. The first-order valence-corrected chi connectivity index (χ1v) is 6.64. The molecule has 0 atom stereocenters. The summed E-state index contributed by atoms with van der Waals surface area (Å²) in [5.41, 5.74) is -0.554. The molecule has 0 bridgehead atoms.